The van der Waals surface area contributed by atoms with Crippen LogP contribution in [-0.4, -0.2) is 35.1 Å². The number of urea groups is 1. The van der Waals surface area contributed by atoms with Gasteiger partial charge in [-0.1, -0.05) is 23.7 Å². The summed E-state index contributed by atoms with van der Waals surface area (Å²) < 4.78 is 0. The number of carboxylic acids is 1. The van der Waals surface area contributed by atoms with E-state index in [9.17, 15) is 9.59 Å². The molecule has 2 amide bonds. The Morgan fingerprint density at radius 2 is 2.00 bits per heavy atom. The van der Waals surface area contributed by atoms with E-state index in [1.165, 1.54) is 14.0 Å². The van der Waals surface area contributed by atoms with Crippen molar-refractivity contribution >= 4 is 29.3 Å². The van der Waals surface area contributed by atoms with Crippen molar-refractivity contribution in [1.82, 2.24) is 4.90 Å². The van der Waals surface area contributed by atoms with E-state index < -0.39 is 18.0 Å². The molecule has 0 radical (unpaired) electrons. The zero-order valence-corrected chi connectivity index (χ0v) is 10.2. The zero-order valence-electron chi connectivity index (χ0n) is 9.48. The van der Waals surface area contributed by atoms with Crippen LogP contribution in [0.3, 0.4) is 0 Å². The first-order chi connectivity index (χ1) is 7.93. The second-order valence-corrected chi connectivity index (χ2v) is 3.94. The molecule has 0 spiro atoms. The van der Waals surface area contributed by atoms with Crippen LogP contribution in [0.2, 0.25) is 5.02 Å². The predicted molar refractivity (Wildman–Crippen MR) is 65.3 cm³/mol. The van der Waals surface area contributed by atoms with Crippen LogP contribution < -0.4 is 5.32 Å². The van der Waals surface area contributed by atoms with Crippen molar-refractivity contribution in [3.8, 4) is 0 Å². The number of nitrogens with one attached hydrogen (secondary N) is 1. The standard InChI is InChI=1S/C11H13ClN2O3/c1-7(10(15)16)14(2)11(17)13-9-6-4-3-5-8(9)12/h3-7H,1-2H3,(H,13,17)(H,15,16). The molecule has 0 aliphatic carbocycles. The summed E-state index contributed by atoms with van der Waals surface area (Å²) in [5, 5.41) is 11.7. The van der Waals surface area contributed by atoms with E-state index in [0.717, 1.165) is 4.90 Å². The van der Waals surface area contributed by atoms with E-state index in [2.05, 4.69) is 5.32 Å². The Morgan fingerprint density at radius 1 is 1.41 bits per heavy atom. The van der Waals surface area contributed by atoms with E-state index in [1.54, 1.807) is 24.3 Å². The number of amides is 2. The lowest BCUT2D eigenvalue weighted by Crippen LogP contribution is -2.42. The highest BCUT2D eigenvalue weighted by Crippen LogP contribution is 2.20. The number of benzene rings is 1. The summed E-state index contributed by atoms with van der Waals surface area (Å²) in [6, 6.07) is 5.31. The van der Waals surface area contributed by atoms with Crippen LogP contribution in [0.4, 0.5) is 10.5 Å². The molecule has 0 aliphatic heterocycles. The van der Waals surface area contributed by atoms with Gasteiger partial charge < -0.3 is 15.3 Å². The quantitative estimate of drug-likeness (QED) is 0.872. The topological polar surface area (TPSA) is 69.6 Å². The van der Waals surface area contributed by atoms with E-state index in [0.29, 0.717) is 10.7 Å². The van der Waals surface area contributed by atoms with E-state index >= 15 is 0 Å². The summed E-state index contributed by atoms with van der Waals surface area (Å²) in [4.78, 5) is 23.5. The Bertz CT molecular complexity index is 436. The van der Waals surface area contributed by atoms with Crippen molar-refractivity contribution in [2.75, 3.05) is 12.4 Å². The molecule has 17 heavy (non-hydrogen) atoms. The number of carbonyl (C=O) groups excluding carboxylic acids is 1. The largest absolute Gasteiger partial charge is 0.480 e. The summed E-state index contributed by atoms with van der Waals surface area (Å²) >= 11 is 5.87. The molecule has 1 rings (SSSR count). The molecule has 1 aromatic rings. The summed E-state index contributed by atoms with van der Waals surface area (Å²) in [5.74, 6) is -1.07. The van der Waals surface area contributed by atoms with Gasteiger partial charge in [-0.2, -0.15) is 0 Å². The SMILES string of the molecule is CC(C(=O)O)N(C)C(=O)Nc1ccccc1Cl. The maximum Gasteiger partial charge on any atom is 0.326 e. The molecule has 2 N–H and O–H groups in total. The Hall–Kier alpha value is -1.75. The minimum absolute atomic E-state index is 0.400. The maximum atomic E-state index is 11.7. The highest BCUT2D eigenvalue weighted by atomic mass is 35.5. The Kier molecular flexibility index (Phi) is 4.34. The molecule has 1 aromatic carbocycles. The van der Waals surface area contributed by atoms with Gasteiger partial charge in [-0.15, -0.1) is 0 Å². The van der Waals surface area contributed by atoms with Crippen molar-refractivity contribution in [2.24, 2.45) is 0 Å². The average molecular weight is 257 g/mol. The smallest absolute Gasteiger partial charge is 0.326 e. The third-order valence-corrected chi connectivity index (χ3v) is 2.70. The molecular formula is C11H13ClN2O3. The lowest BCUT2D eigenvalue weighted by atomic mass is 10.3. The van der Waals surface area contributed by atoms with Crippen molar-refractivity contribution < 1.29 is 14.7 Å². The van der Waals surface area contributed by atoms with Gasteiger partial charge in [0.2, 0.25) is 0 Å². The number of carbonyl (C=O) groups is 2. The number of aliphatic carboxylic acids is 1. The normalized spacial score (nSPS) is 11.7. The van der Waals surface area contributed by atoms with Crippen LogP contribution in [0, 0.1) is 0 Å². The van der Waals surface area contributed by atoms with Gasteiger partial charge in [0.25, 0.3) is 0 Å². The number of hydrogen-bond donors (Lipinski definition) is 2. The van der Waals surface area contributed by atoms with Crippen LogP contribution in [0.25, 0.3) is 0 Å². The molecule has 1 unspecified atom stereocenters. The number of hydrogen-bond acceptors (Lipinski definition) is 2. The summed E-state index contributed by atoms with van der Waals surface area (Å²) in [6.45, 7) is 1.43. The second kappa shape index (κ2) is 5.54. The molecule has 0 aromatic heterocycles. The monoisotopic (exact) mass is 256 g/mol. The second-order valence-electron chi connectivity index (χ2n) is 3.54. The number of halogens is 1. The van der Waals surface area contributed by atoms with Gasteiger partial charge >= 0.3 is 12.0 Å². The lowest BCUT2D eigenvalue weighted by Gasteiger charge is -2.22. The van der Waals surface area contributed by atoms with E-state index in [-0.39, 0.29) is 0 Å². The molecule has 0 heterocycles. The van der Waals surface area contributed by atoms with Crippen LogP contribution in [0.1, 0.15) is 6.92 Å². The average Bonchev–Trinajstić information content (AvgIpc) is 2.30. The highest BCUT2D eigenvalue weighted by Gasteiger charge is 2.21. The third-order valence-electron chi connectivity index (χ3n) is 2.37. The number of carboxylic acid groups (broad SMARTS) is 1. The summed E-state index contributed by atoms with van der Waals surface area (Å²) in [5.41, 5.74) is 0.448. The molecule has 0 saturated carbocycles. The van der Waals surface area contributed by atoms with Crippen LogP contribution in [-0.2, 0) is 4.79 Å². The van der Waals surface area contributed by atoms with E-state index in [1.807, 2.05) is 0 Å². The fraction of sp³-hybridized carbons (Fsp3) is 0.273. The van der Waals surface area contributed by atoms with Crippen LogP contribution in [0.15, 0.2) is 24.3 Å². The molecular weight excluding hydrogens is 244 g/mol. The molecule has 0 aliphatic rings. The number of nitrogens with zero attached hydrogens (tertiary/aromatic N) is 1. The predicted octanol–water partition coefficient (Wildman–Crippen LogP) is 2.28. The Balaban J connectivity index is 2.73. The van der Waals surface area contributed by atoms with Crippen molar-refractivity contribution in [1.29, 1.82) is 0 Å². The molecule has 5 nitrogen and oxygen atoms in total. The Labute approximate surface area is 104 Å². The first-order valence-corrected chi connectivity index (χ1v) is 5.32. The van der Waals surface area contributed by atoms with Crippen LogP contribution >= 0.6 is 11.6 Å². The number of likely N-dealkylation sites (N-methyl/N-ethyl adjacent to an activating group) is 1. The fourth-order valence-corrected chi connectivity index (χ4v) is 1.29. The van der Waals surface area contributed by atoms with Crippen LogP contribution in [0.5, 0.6) is 0 Å². The molecule has 0 fully saturated rings. The van der Waals surface area contributed by atoms with Crippen molar-refractivity contribution in [3.05, 3.63) is 29.3 Å². The molecule has 6 heteroatoms. The van der Waals surface area contributed by atoms with Gasteiger partial charge in [-0.05, 0) is 19.1 Å². The number of rotatable bonds is 3. The van der Waals surface area contributed by atoms with E-state index in [4.69, 9.17) is 16.7 Å². The van der Waals surface area contributed by atoms with Gasteiger partial charge in [-0.3, -0.25) is 0 Å². The number of para-hydroxylation sites is 1. The van der Waals surface area contributed by atoms with Gasteiger partial charge in [0.1, 0.15) is 6.04 Å². The fourth-order valence-electron chi connectivity index (χ4n) is 1.11. The zero-order chi connectivity index (χ0) is 13.0. The minimum Gasteiger partial charge on any atom is -0.480 e. The van der Waals surface area contributed by atoms with Gasteiger partial charge in [0, 0.05) is 7.05 Å². The first-order valence-electron chi connectivity index (χ1n) is 4.94. The number of anilines is 1. The molecule has 92 valence electrons. The molecule has 0 saturated heterocycles. The van der Waals surface area contributed by atoms with Crippen molar-refractivity contribution in [3.63, 3.8) is 0 Å². The third kappa shape index (κ3) is 3.35. The molecule has 1 atom stereocenters. The Morgan fingerprint density at radius 3 is 2.53 bits per heavy atom. The van der Waals surface area contributed by atoms with Gasteiger partial charge in [0.15, 0.2) is 0 Å². The summed E-state index contributed by atoms with van der Waals surface area (Å²) in [6.07, 6.45) is 0. The molecule has 0 bridgehead atoms. The maximum absolute atomic E-state index is 11.7. The van der Waals surface area contributed by atoms with Crippen molar-refractivity contribution in [2.45, 2.75) is 13.0 Å². The van der Waals surface area contributed by atoms with Gasteiger partial charge in [0.05, 0.1) is 10.7 Å². The highest BCUT2D eigenvalue weighted by molar-refractivity contribution is 6.33. The lowest BCUT2D eigenvalue weighted by molar-refractivity contribution is -0.141. The van der Waals surface area contributed by atoms with Gasteiger partial charge in [-0.25, -0.2) is 9.59 Å². The minimum atomic E-state index is -1.07. The first kappa shape index (κ1) is 13.3. The summed E-state index contributed by atoms with van der Waals surface area (Å²) in [7, 11) is 1.41.